The zero-order chi connectivity index (χ0) is 19.2. The molecule has 2 aromatic heterocycles. The van der Waals surface area contributed by atoms with Gasteiger partial charge in [-0.25, -0.2) is 9.67 Å². The first-order chi connectivity index (χ1) is 12.1. The summed E-state index contributed by atoms with van der Waals surface area (Å²) >= 11 is 0. The molecule has 3 rings (SSSR count). The lowest BCUT2D eigenvalue weighted by Gasteiger charge is -2.21. The standard InChI is InChI=1S/C19H26N4O3/c1-6-22(10-15(24)25)18(26)13-9-14(12-7-8-12)20-17-16(13)11(2)21-23(17)19(3,4)5/h9,12H,6-8,10H2,1-5H3,(H,24,25). The Bertz CT molecular complexity index is 875. The van der Waals surface area contributed by atoms with Crippen molar-refractivity contribution < 1.29 is 14.7 Å². The molecule has 2 heterocycles. The highest BCUT2D eigenvalue weighted by Gasteiger charge is 2.31. The Balaban J connectivity index is 2.22. The van der Waals surface area contributed by atoms with Crippen molar-refractivity contribution in [3.63, 3.8) is 0 Å². The van der Waals surface area contributed by atoms with Crippen molar-refractivity contribution in [1.29, 1.82) is 0 Å². The first-order valence-electron chi connectivity index (χ1n) is 9.05. The minimum atomic E-state index is -1.02. The molecule has 0 aromatic carbocycles. The fourth-order valence-electron chi connectivity index (χ4n) is 3.19. The quantitative estimate of drug-likeness (QED) is 0.888. The second kappa shape index (κ2) is 6.37. The second-order valence-electron chi connectivity index (χ2n) is 7.95. The maximum atomic E-state index is 13.1. The van der Waals surface area contributed by atoms with Crippen molar-refractivity contribution in [2.75, 3.05) is 13.1 Å². The lowest BCUT2D eigenvalue weighted by atomic mass is 10.1. The summed E-state index contributed by atoms with van der Waals surface area (Å²) in [4.78, 5) is 30.4. The summed E-state index contributed by atoms with van der Waals surface area (Å²) in [5, 5.41) is 14.5. The van der Waals surface area contributed by atoms with Crippen molar-refractivity contribution in [3.8, 4) is 0 Å². The normalized spacial score (nSPS) is 14.7. The number of carbonyl (C=O) groups is 2. The van der Waals surface area contributed by atoms with Gasteiger partial charge in [-0.05, 0) is 53.5 Å². The minimum Gasteiger partial charge on any atom is -0.480 e. The van der Waals surface area contributed by atoms with Gasteiger partial charge in [0.25, 0.3) is 5.91 Å². The van der Waals surface area contributed by atoms with Crippen LogP contribution in [0.2, 0.25) is 0 Å². The van der Waals surface area contributed by atoms with Crippen molar-refractivity contribution in [2.45, 2.75) is 58.9 Å². The number of carboxylic acid groups (broad SMARTS) is 1. The molecule has 0 spiro atoms. The van der Waals surface area contributed by atoms with Crippen LogP contribution in [0.3, 0.4) is 0 Å². The number of amides is 1. The fourth-order valence-corrected chi connectivity index (χ4v) is 3.19. The maximum absolute atomic E-state index is 13.1. The topological polar surface area (TPSA) is 88.3 Å². The zero-order valence-corrected chi connectivity index (χ0v) is 16.0. The van der Waals surface area contributed by atoms with E-state index in [1.807, 2.05) is 17.7 Å². The summed E-state index contributed by atoms with van der Waals surface area (Å²) in [6.07, 6.45) is 2.14. The molecular formula is C19H26N4O3. The summed E-state index contributed by atoms with van der Waals surface area (Å²) in [5.41, 5.74) is 2.58. The number of aromatic nitrogens is 3. The van der Waals surface area contributed by atoms with Crippen LogP contribution in [-0.2, 0) is 10.3 Å². The Morgan fingerprint density at radius 2 is 2.00 bits per heavy atom. The van der Waals surface area contributed by atoms with Gasteiger partial charge in [-0.2, -0.15) is 5.10 Å². The third-order valence-electron chi connectivity index (χ3n) is 4.69. The number of carboxylic acids is 1. The van der Waals surface area contributed by atoms with Gasteiger partial charge in [0.2, 0.25) is 0 Å². The molecule has 0 radical (unpaired) electrons. The number of carbonyl (C=O) groups excluding carboxylic acids is 1. The van der Waals surface area contributed by atoms with Gasteiger partial charge in [0.1, 0.15) is 6.54 Å². The zero-order valence-electron chi connectivity index (χ0n) is 16.0. The second-order valence-corrected chi connectivity index (χ2v) is 7.95. The molecule has 1 N–H and O–H groups in total. The van der Waals surface area contributed by atoms with E-state index in [0.717, 1.165) is 29.6 Å². The van der Waals surface area contributed by atoms with Crippen LogP contribution >= 0.6 is 0 Å². The number of fused-ring (bicyclic) bond motifs is 1. The summed E-state index contributed by atoms with van der Waals surface area (Å²) in [5.74, 6) is -0.917. The number of pyridine rings is 1. The molecular weight excluding hydrogens is 332 g/mol. The van der Waals surface area contributed by atoms with Crippen LogP contribution in [0.1, 0.15) is 68.2 Å². The van der Waals surface area contributed by atoms with Gasteiger partial charge in [0.15, 0.2) is 5.65 Å². The number of rotatable bonds is 5. The van der Waals surface area contributed by atoms with Crippen LogP contribution in [0.15, 0.2) is 6.07 Å². The Morgan fingerprint density at radius 3 is 2.50 bits per heavy atom. The molecule has 26 heavy (non-hydrogen) atoms. The van der Waals surface area contributed by atoms with Gasteiger partial charge in [-0.1, -0.05) is 0 Å². The Morgan fingerprint density at radius 1 is 1.35 bits per heavy atom. The van der Waals surface area contributed by atoms with Crippen LogP contribution in [0.5, 0.6) is 0 Å². The molecule has 140 valence electrons. The lowest BCUT2D eigenvalue weighted by molar-refractivity contribution is -0.137. The van der Waals surface area contributed by atoms with Crippen LogP contribution < -0.4 is 0 Å². The monoisotopic (exact) mass is 358 g/mol. The number of aryl methyl sites for hydroxylation is 1. The van der Waals surface area contributed by atoms with Crippen LogP contribution in [0.25, 0.3) is 11.0 Å². The third-order valence-corrected chi connectivity index (χ3v) is 4.69. The molecule has 0 bridgehead atoms. The third kappa shape index (κ3) is 3.30. The minimum absolute atomic E-state index is 0.270. The van der Waals surface area contributed by atoms with E-state index in [-0.39, 0.29) is 18.0 Å². The predicted molar refractivity (Wildman–Crippen MR) is 98.4 cm³/mol. The molecule has 1 aliphatic carbocycles. The number of hydrogen-bond acceptors (Lipinski definition) is 4. The summed E-state index contributed by atoms with van der Waals surface area (Å²) in [7, 11) is 0. The van der Waals surface area contributed by atoms with Gasteiger partial charge in [-0.15, -0.1) is 0 Å². The smallest absolute Gasteiger partial charge is 0.323 e. The van der Waals surface area contributed by atoms with Gasteiger partial charge in [0.05, 0.1) is 22.2 Å². The summed E-state index contributed by atoms with van der Waals surface area (Å²) in [6, 6.07) is 1.84. The highest BCUT2D eigenvalue weighted by molar-refractivity contribution is 6.07. The van der Waals surface area contributed by atoms with Gasteiger partial charge < -0.3 is 10.0 Å². The summed E-state index contributed by atoms with van der Waals surface area (Å²) < 4.78 is 1.87. The van der Waals surface area contributed by atoms with Gasteiger partial charge in [0, 0.05) is 18.2 Å². The van der Waals surface area contributed by atoms with Gasteiger partial charge in [-0.3, -0.25) is 9.59 Å². The van der Waals surface area contributed by atoms with Crippen molar-refractivity contribution in [1.82, 2.24) is 19.7 Å². The molecule has 0 atom stereocenters. The molecule has 1 amide bonds. The number of hydrogen-bond donors (Lipinski definition) is 1. The van der Waals surface area contributed by atoms with E-state index < -0.39 is 5.97 Å². The van der Waals surface area contributed by atoms with E-state index in [0.29, 0.717) is 23.7 Å². The Labute approximate surface area is 153 Å². The largest absolute Gasteiger partial charge is 0.480 e. The van der Waals surface area contributed by atoms with Crippen LogP contribution in [-0.4, -0.2) is 49.7 Å². The highest BCUT2D eigenvalue weighted by Crippen LogP contribution is 2.41. The summed E-state index contributed by atoms with van der Waals surface area (Å²) in [6.45, 7) is 9.82. The van der Waals surface area contributed by atoms with Crippen LogP contribution in [0, 0.1) is 6.92 Å². The average molecular weight is 358 g/mol. The Kier molecular flexibility index (Phi) is 4.50. The molecule has 0 unspecified atom stereocenters. The van der Waals surface area contributed by atoms with Crippen molar-refractivity contribution >= 4 is 22.9 Å². The Hall–Kier alpha value is -2.44. The molecule has 7 nitrogen and oxygen atoms in total. The molecule has 0 aliphatic heterocycles. The maximum Gasteiger partial charge on any atom is 0.323 e. The average Bonchev–Trinajstić information content (AvgIpc) is 3.34. The molecule has 1 saturated carbocycles. The van der Waals surface area contributed by atoms with E-state index in [2.05, 4.69) is 25.9 Å². The number of likely N-dealkylation sites (N-methyl/N-ethyl adjacent to an activating group) is 1. The fraction of sp³-hybridized carbons (Fsp3) is 0.579. The molecule has 7 heteroatoms. The molecule has 0 saturated heterocycles. The van der Waals surface area contributed by atoms with E-state index >= 15 is 0 Å². The molecule has 2 aromatic rings. The van der Waals surface area contributed by atoms with Crippen LogP contribution in [0.4, 0.5) is 0 Å². The predicted octanol–water partition coefficient (Wildman–Crippen LogP) is 2.92. The van der Waals surface area contributed by atoms with Crippen molar-refractivity contribution in [3.05, 3.63) is 23.0 Å². The van der Waals surface area contributed by atoms with Gasteiger partial charge >= 0.3 is 5.97 Å². The van der Waals surface area contributed by atoms with E-state index in [1.54, 1.807) is 6.92 Å². The van der Waals surface area contributed by atoms with E-state index in [4.69, 9.17) is 10.1 Å². The van der Waals surface area contributed by atoms with Crippen molar-refractivity contribution in [2.24, 2.45) is 0 Å². The lowest BCUT2D eigenvalue weighted by Crippen LogP contribution is -2.35. The highest BCUT2D eigenvalue weighted by atomic mass is 16.4. The molecule has 1 fully saturated rings. The van der Waals surface area contributed by atoms with E-state index in [9.17, 15) is 9.59 Å². The first-order valence-corrected chi connectivity index (χ1v) is 9.05. The number of aliphatic carboxylic acids is 1. The number of nitrogens with zero attached hydrogens (tertiary/aromatic N) is 4. The molecule has 1 aliphatic rings. The van der Waals surface area contributed by atoms with E-state index in [1.165, 1.54) is 4.90 Å². The SMILES string of the molecule is CCN(CC(=O)O)C(=O)c1cc(C2CC2)nc2c1c(C)nn2C(C)(C)C. The first kappa shape index (κ1) is 18.4.